The van der Waals surface area contributed by atoms with Crippen molar-refractivity contribution in [1.82, 2.24) is 19.7 Å². The summed E-state index contributed by atoms with van der Waals surface area (Å²) in [5.74, 6) is -0.197. The highest BCUT2D eigenvalue weighted by atomic mass is 16.5. The second kappa shape index (κ2) is 7.42. The van der Waals surface area contributed by atoms with E-state index in [1.54, 1.807) is 11.8 Å². The number of aryl methyl sites for hydroxylation is 1. The quantitative estimate of drug-likeness (QED) is 0.426. The summed E-state index contributed by atoms with van der Waals surface area (Å²) in [5.41, 5.74) is 5.70. The van der Waals surface area contributed by atoms with Crippen LogP contribution in [0.3, 0.4) is 0 Å². The van der Waals surface area contributed by atoms with Crippen molar-refractivity contribution in [2.75, 3.05) is 19.1 Å². The third-order valence-electron chi connectivity index (χ3n) is 5.67. The van der Waals surface area contributed by atoms with Crippen LogP contribution in [0.1, 0.15) is 10.4 Å². The summed E-state index contributed by atoms with van der Waals surface area (Å²) in [7, 11) is 5.52. The van der Waals surface area contributed by atoms with Crippen LogP contribution in [0.5, 0.6) is 5.75 Å². The molecule has 0 amide bonds. The summed E-state index contributed by atoms with van der Waals surface area (Å²) in [6, 6.07) is 17.2. The van der Waals surface area contributed by atoms with Gasteiger partial charge in [-0.25, -0.2) is 4.79 Å². The van der Waals surface area contributed by atoms with Gasteiger partial charge in [-0.2, -0.15) is 5.10 Å². The minimum Gasteiger partial charge on any atom is -0.497 e. The number of H-pyrrole nitrogens is 1. The Labute approximate surface area is 183 Å². The number of nitrogens with one attached hydrogen (secondary N) is 1. The number of aromatic amines is 1. The van der Waals surface area contributed by atoms with E-state index in [4.69, 9.17) is 9.84 Å². The van der Waals surface area contributed by atoms with Crippen molar-refractivity contribution in [3.8, 4) is 17.1 Å². The number of hydrogen-bond acceptors (Lipinski definition) is 5. The van der Waals surface area contributed by atoms with Gasteiger partial charge in [-0.05, 0) is 42.5 Å². The smallest absolute Gasteiger partial charge is 0.337 e. The van der Waals surface area contributed by atoms with Crippen molar-refractivity contribution in [1.29, 1.82) is 0 Å². The maximum Gasteiger partial charge on any atom is 0.337 e. The van der Waals surface area contributed by atoms with Crippen molar-refractivity contribution >= 4 is 39.3 Å². The highest BCUT2D eigenvalue weighted by Crippen LogP contribution is 2.36. The topological polar surface area (TPSA) is 96.3 Å². The van der Waals surface area contributed by atoms with E-state index in [0.29, 0.717) is 11.0 Å². The average Bonchev–Trinajstić information content (AvgIpc) is 3.37. The summed E-state index contributed by atoms with van der Waals surface area (Å²) in [5, 5.41) is 15.3. The molecule has 0 unspecified atom stereocenters. The van der Waals surface area contributed by atoms with E-state index < -0.39 is 5.97 Å². The number of aromatic carboxylic acids is 1. The first-order chi connectivity index (χ1) is 15.5. The van der Waals surface area contributed by atoms with Crippen LogP contribution in [-0.4, -0.2) is 45.0 Å². The van der Waals surface area contributed by atoms with Crippen LogP contribution in [0.15, 0.2) is 60.8 Å². The van der Waals surface area contributed by atoms with Gasteiger partial charge in [0.05, 0.1) is 40.8 Å². The van der Waals surface area contributed by atoms with Gasteiger partial charge in [-0.15, -0.1) is 0 Å². The maximum atomic E-state index is 11.6. The number of methoxy groups -OCH3 is 1. The van der Waals surface area contributed by atoms with Gasteiger partial charge in [0.1, 0.15) is 11.3 Å². The Balaban J connectivity index is 1.65. The summed E-state index contributed by atoms with van der Waals surface area (Å²) in [4.78, 5) is 21.2. The predicted molar refractivity (Wildman–Crippen MR) is 124 cm³/mol. The van der Waals surface area contributed by atoms with Crippen molar-refractivity contribution < 1.29 is 14.6 Å². The number of ether oxygens (including phenoxy) is 1. The molecule has 3 aromatic heterocycles. The Bertz CT molecular complexity index is 1470. The number of nitrogens with zero attached hydrogens (tertiary/aromatic N) is 4. The molecule has 32 heavy (non-hydrogen) atoms. The van der Waals surface area contributed by atoms with E-state index in [9.17, 15) is 9.90 Å². The van der Waals surface area contributed by atoms with Crippen molar-refractivity contribution in [3.63, 3.8) is 0 Å². The van der Waals surface area contributed by atoms with Gasteiger partial charge in [-0.1, -0.05) is 12.1 Å². The molecule has 2 N–H and O–H groups in total. The first kappa shape index (κ1) is 19.6. The van der Waals surface area contributed by atoms with Crippen molar-refractivity contribution in [2.24, 2.45) is 7.05 Å². The molecule has 8 nitrogen and oxygen atoms in total. The molecule has 0 bridgehead atoms. The van der Waals surface area contributed by atoms with Crippen LogP contribution < -0.4 is 9.64 Å². The number of hydrogen-bond donors (Lipinski definition) is 2. The van der Waals surface area contributed by atoms with Gasteiger partial charge in [-0.3, -0.25) is 9.67 Å². The third kappa shape index (κ3) is 3.04. The molecular formula is C24H21N5O3. The molecule has 5 aromatic rings. The second-order valence-corrected chi connectivity index (χ2v) is 7.51. The number of carboxylic acids is 1. The molecule has 0 saturated carbocycles. The van der Waals surface area contributed by atoms with Gasteiger partial charge < -0.3 is 19.7 Å². The van der Waals surface area contributed by atoms with Crippen molar-refractivity contribution in [2.45, 2.75) is 0 Å². The van der Waals surface area contributed by atoms with E-state index in [1.807, 2.05) is 62.6 Å². The molecule has 0 radical (unpaired) electrons. The van der Waals surface area contributed by atoms with E-state index >= 15 is 0 Å². The van der Waals surface area contributed by atoms with E-state index in [-0.39, 0.29) is 5.56 Å². The minimum absolute atomic E-state index is 0.188. The number of pyridine rings is 1. The number of carbonyl (C=O) groups is 1. The number of carboxylic acid groups (broad SMARTS) is 1. The molecule has 3 heterocycles. The largest absolute Gasteiger partial charge is 0.497 e. The lowest BCUT2D eigenvalue weighted by Gasteiger charge is -2.20. The zero-order valence-corrected chi connectivity index (χ0v) is 17.8. The van der Waals surface area contributed by atoms with Crippen LogP contribution in [0.4, 0.5) is 11.4 Å². The fraction of sp³-hybridized carbons (Fsp3) is 0.125. The molecule has 0 fully saturated rings. The molecule has 0 aliphatic carbocycles. The SMILES string of the molecule is COc1ccc(N(C)c2cccc3c(-c4cc5nccc(C(=O)O)c5[nH]4)n(C)nc23)cc1. The summed E-state index contributed by atoms with van der Waals surface area (Å²) < 4.78 is 7.07. The Kier molecular flexibility index (Phi) is 4.55. The van der Waals surface area contributed by atoms with Crippen LogP contribution in [-0.2, 0) is 7.05 Å². The molecule has 0 aliphatic heterocycles. The molecule has 0 saturated heterocycles. The fourth-order valence-electron chi connectivity index (χ4n) is 4.07. The highest BCUT2D eigenvalue weighted by Gasteiger charge is 2.20. The number of aromatic nitrogens is 4. The first-order valence-corrected chi connectivity index (χ1v) is 10.0. The monoisotopic (exact) mass is 427 g/mol. The molecule has 5 rings (SSSR count). The number of fused-ring (bicyclic) bond motifs is 2. The molecule has 0 aliphatic rings. The average molecular weight is 427 g/mol. The molecule has 8 heteroatoms. The lowest BCUT2D eigenvalue weighted by atomic mass is 10.1. The second-order valence-electron chi connectivity index (χ2n) is 7.51. The van der Waals surface area contributed by atoms with E-state index in [2.05, 4.69) is 14.9 Å². The van der Waals surface area contributed by atoms with Crippen LogP contribution >= 0.6 is 0 Å². The van der Waals surface area contributed by atoms with E-state index in [1.165, 1.54) is 12.3 Å². The third-order valence-corrected chi connectivity index (χ3v) is 5.67. The Morgan fingerprint density at radius 3 is 2.66 bits per heavy atom. The number of rotatable bonds is 5. The van der Waals surface area contributed by atoms with Gasteiger partial charge in [0, 0.05) is 31.4 Å². The summed E-state index contributed by atoms with van der Waals surface area (Å²) >= 11 is 0. The first-order valence-electron chi connectivity index (χ1n) is 10.0. The Hall–Kier alpha value is -4.33. The van der Waals surface area contributed by atoms with Crippen LogP contribution in [0, 0.1) is 0 Å². The lowest BCUT2D eigenvalue weighted by Crippen LogP contribution is -2.09. The molecule has 0 spiro atoms. The van der Waals surface area contributed by atoms with Crippen LogP contribution in [0.25, 0.3) is 33.3 Å². The fourth-order valence-corrected chi connectivity index (χ4v) is 4.07. The Morgan fingerprint density at radius 1 is 1.16 bits per heavy atom. The lowest BCUT2D eigenvalue weighted by molar-refractivity contribution is 0.0698. The zero-order chi connectivity index (χ0) is 22.4. The summed E-state index contributed by atoms with van der Waals surface area (Å²) in [6.07, 6.45) is 1.51. The maximum absolute atomic E-state index is 11.6. The number of benzene rings is 2. The molecule has 160 valence electrons. The standard InChI is InChI=1S/C24H21N5O3/c1-28(14-7-9-15(32-3)10-8-14)20-6-4-5-16-22(20)27-29(2)23(16)19-13-18-21(26-19)17(24(30)31)11-12-25-18/h4-13,26H,1-3H3,(H,30,31). The van der Waals surface area contributed by atoms with Crippen LogP contribution in [0.2, 0.25) is 0 Å². The highest BCUT2D eigenvalue weighted by molar-refractivity contribution is 6.05. The zero-order valence-electron chi connectivity index (χ0n) is 17.8. The minimum atomic E-state index is -0.996. The van der Waals surface area contributed by atoms with E-state index in [0.717, 1.165) is 39.4 Å². The normalized spacial score (nSPS) is 11.2. The Morgan fingerprint density at radius 2 is 1.94 bits per heavy atom. The van der Waals surface area contributed by atoms with Gasteiger partial charge in [0.25, 0.3) is 0 Å². The summed E-state index contributed by atoms with van der Waals surface area (Å²) in [6.45, 7) is 0. The van der Waals surface area contributed by atoms with Gasteiger partial charge >= 0.3 is 5.97 Å². The number of anilines is 2. The molecule has 2 aromatic carbocycles. The van der Waals surface area contributed by atoms with Gasteiger partial charge in [0.2, 0.25) is 0 Å². The molecule has 0 atom stereocenters. The van der Waals surface area contributed by atoms with Crippen molar-refractivity contribution in [3.05, 3.63) is 66.4 Å². The molecular weight excluding hydrogens is 406 g/mol. The van der Waals surface area contributed by atoms with Gasteiger partial charge in [0.15, 0.2) is 0 Å². The predicted octanol–water partition coefficient (Wildman–Crippen LogP) is 4.59.